The smallest absolute Gasteiger partial charge is 0.138 e. The van der Waals surface area contributed by atoms with Crippen molar-refractivity contribution in [3.05, 3.63) is 43.2 Å². The Labute approximate surface area is 152 Å². The number of carbonyl (C=O) groups excluding carboxylic acids is 1. The van der Waals surface area contributed by atoms with Crippen LogP contribution in [0.1, 0.15) is 32.9 Å². The van der Waals surface area contributed by atoms with Crippen molar-refractivity contribution in [2.75, 3.05) is 21.1 Å². The fourth-order valence-electron chi connectivity index (χ4n) is 1.13. The summed E-state index contributed by atoms with van der Waals surface area (Å²) in [6, 6.07) is 0. The first-order chi connectivity index (χ1) is 12.1. The highest BCUT2D eigenvalue weighted by atomic mass is 16.1. The van der Waals surface area contributed by atoms with E-state index in [1.807, 2.05) is 34.0 Å². The van der Waals surface area contributed by atoms with Crippen LogP contribution in [0.2, 0.25) is 0 Å². The number of aryl methyl sites for hydroxylation is 2. The summed E-state index contributed by atoms with van der Waals surface area (Å²) in [5, 5.41) is 16.5. The van der Waals surface area contributed by atoms with E-state index in [-0.39, 0.29) is 11.2 Å². The molecular formula is C13H26N12O. The SMILES string of the molecule is CN=[N+]=[N-].CN=[N+]=[N-].CN=[N+]=[N-].Cn1cc(CCC(=O)C(C)(C)C)nn1. The van der Waals surface area contributed by atoms with E-state index in [1.54, 1.807) is 4.68 Å². The van der Waals surface area contributed by atoms with E-state index in [0.717, 1.165) is 5.69 Å². The molecule has 13 nitrogen and oxygen atoms in total. The van der Waals surface area contributed by atoms with Crippen molar-refractivity contribution in [3.8, 4) is 0 Å². The van der Waals surface area contributed by atoms with Gasteiger partial charge < -0.3 is 0 Å². The number of aromatic nitrogens is 3. The monoisotopic (exact) mass is 366 g/mol. The summed E-state index contributed by atoms with van der Waals surface area (Å²) in [5.41, 5.74) is 22.6. The molecule has 0 amide bonds. The molecule has 0 fully saturated rings. The zero-order valence-corrected chi connectivity index (χ0v) is 16.3. The molecular weight excluding hydrogens is 340 g/mol. The minimum atomic E-state index is -0.248. The molecule has 0 aliphatic rings. The van der Waals surface area contributed by atoms with Gasteiger partial charge in [-0.2, -0.15) is 0 Å². The summed E-state index contributed by atoms with van der Waals surface area (Å²) < 4.78 is 1.65. The summed E-state index contributed by atoms with van der Waals surface area (Å²) >= 11 is 0. The van der Waals surface area contributed by atoms with Gasteiger partial charge in [0.1, 0.15) is 5.78 Å². The predicted octanol–water partition coefficient (Wildman–Crippen LogP) is 4.14. The van der Waals surface area contributed by atoms with Crippen molar-refractivity contribution >= 4 is 5.78 Å². The van der Waals surface area contributed by atoms with Gasteiger partial charge in [-0.25, -0.2) is 0 Å². The van der Waals surface area contributed by atoms with Crippen LogP contribution in [0.25, 0.3) is 31.3 Å². The van der Waals surface area contributed by atoms with E-state index >= 15 is 0 Å². The van der Waals surface area contributed by atoms with Crippen molar-refractivity contribution in [2.24, 2.45) is 27.8 Å². The molecule has 1 aromatic heterocycles. The van der Waals surface area contributed by atoms with Crippen molar-refractivity contribution in [1.29, 1.82) is 0 Å². The van der Waals surface area contributed by atoms with Crippen molar-refractivity contribution in [2.45, 2.75) is 33.6 Å². The van der Waals surface area contributed by atoms with Crippen LogP contribution in [0.15, 0.2) is 21.5 Å². The zero-order chi connectivity index (χ0) is 21.0. The van der Waals surface area contributed by atoms with E-state index in [1.165, 1.54) is 21.1 Å². The van der Waals surface area contributed by atoms with Crippen molar-refractivity contribution in [1.82, 2.24) is 15.0 Å². The molecule has 0 radical (unpaired) electrons. The van der Waals surface area contributed by atoms with Gasteiger partial charge in [-0.05, 0) is 16.6 Å². The Bertz CT molecular complexity index is 602. The van der Waals surface area contributed by atoms with Crippen LogP contribution in [-0.2, 0) is 18.3 Å². The molecule has 0 atom stereocenters. The lowest BCUT2D eigenvalue weighted by Crippen LogP contribution is -2.20. The highest BCUT2D eigenvalue weighted by molar-refractivity contribution is 5.83. The zero-order valence-electron chi connectivity index (χ0n) is 16.3. The Kier molecular flexibility index (Phi) is 19.2. The largest absolute Gasteiger partial charge is 0.299 e. The summed E-state index contributed by atoms with van der Waals surface area (Å²) in [7, 11) is 5.99. The first-order valence-electron chi connectivity index (χ1n) is 7.32. The van der Waals surface area contributed by atoms with E-state index in [0.29, 0.717) is 12.8 Å². The Hall–Kier alpha value is -3.26. The lowest BCUT2D eigenvalue weighted by Gasteiger charge is -2.15. The van der Waals surface area contributed by atoms with Gasteiger partial charge in [0.2, 0.25) is 0 Å². The third kappa shape index (κ3) is 20.7. The molecule has 1 rings (SSSR count). The highest BCUT2D eigenvalue weighted by Crippen LogP contribution is 2.17. The molecule has 13 heteroatoms. The van der Waals surface area contributed by atoms with E-state index in [2.05, 4.69) is 40.4 Å². The molecule has 144 valence electrons. The van der Waals surface area contributed by atoms with Gasteiger partial charge in [-0.15, -0.1) is 5.10 Å². The minimum absolute atomic E-state index is 0.248. The Balaban J connectivity index is -0.000000362. The first kappa shape index (κ1) is 27.6. The maximum atomic E-state index is 11.6. The van der Waals surface area contributed by atoms with E-state index in [4.69, 9.17) is 16.6 Å². The first-order valence-corrected chi connectivity index (χ1v) is 7.32. The van der Waals surface area contributed by atoms with Crippen LogP contribution in [-0.4, -0.2) is 41.9 Å². The van der Waals surface area contributed by atoms with Crippen LogP contribution in [0.3, 0.4) is 0 Å². The minimum Gasteiger partial charge on any atom is -0.299 e. The normalized spacial score (nSPS) is 8.27. The number of carbonyl (C=O) groups is 1. The second-order valence-corrected chi connectivity index (χ2v) is 5.43. The molecule has 26 heavy (non-hydrogen) atoms. The van der Waals surface area contributed by atoms with Crippen LogP contribution >= 0.6 is 0 Å². The molecule has 0 aliphatic carbocycles. The topological polar surface area (TPSA) is 194 Å². The van der Waals surface area contributed by atoms with Gasteiger partial charge >= 0.3 is 0 Å². The maximum Gasteiger partial charge on any atom is 0.138 e. The van der Waals surface area contributed by atoms with E-state index < -0.39 is 0 Å². The van der Waals surface area contributed by atoms with Crippen molar-refractivity contribution in [3.63, 3.8) is 0 Å². The molecule has 1 aromatic rings. The van der Waals surface area contributed by atoms with Gasteiger partial charge in [0.15, 0.2) is 0 Å². The molecule has 0 bridgehead atoms. The third-order valence-corrected chi connectivity index (χ3v) is 2.36. The number of ketones is 1. The fourth-order valence-corrected chi connectivity index (χ4v) is 1.13. The summed E-state index contributed by atoms with van der Waals surface area (Å²) in [6.07, 6.45) is 3.07. The average molecular weight is 366 g/mol. The Morgan fingerprint density at radius 2 is 1.46 bits per heavy atom. The third-order valence-electron chi connectivity index (χ3n) is 2.36. The number of azide groups is 3. The number of hydrogen-bond donors (Lipinski definition) is 0. The quantitative estimate of drug-likeness (QED) is 0.441. The second-order valence-electron chi connectivity index (χ2n) is 5.43. The van der Waals surface area contributed by atoms with Gasteiger partial charge in [-0.3, -0.25) is 9.48 Å². The molecule has 0 spiro atoms. The lowest BCUT2D eigenvalue weighted by molar-refractivity contribution is -0.126. The Morgan fingerprint density at radius 1 is 1.08 bits per heavy atom. The van der Waals surface area contributed by atoms with E-state index in [9.17, 15) is 4.79 Å². The number of nitrogens with zero attached hydrogens (tertiary/aromatic N) is 12. The molecule has 0 aromatic carbocycles. The molecule has 0 saturated carbocycles. The summed E-state index contributed by atoms with van der Waals surface area (Å²) in [6.45, 7) is 5.81. The van der Waals surface area contributed by atoms with Gasteiger partial charge in [-0.1, -0.05) is 41.3 Å². The highest BCUT2D eigenvalue weighted by Gasteiger charge is 2.20. The van der Waals surface area contributed by atoms with Crippen LogP contribution < -0.4 is 0 Å². The molecule has 0 saturated heterocycles. The second kappa shape index (κ2) is 18.1. The van der Waals surface area contributed by atoms with Gasteiger partial charge in [0.25, 0.3) is 0 Å². The maximum absolute atomic E-state index is 11.6. The number of Topliss-reactive ketones (excluding diaryl/α,β-unsaturated/α-hetero) is 1. The van der Waals surface area contributed by atoms with Crippen LogP contribution in [0, 0.1) is 5.41 Å². The number of rotatable bonds is 3. The summed E-state index contributed by atoms with van der Waals surface area (Å²) in [5.74, 6) is 0.267. The van der Waals surface area contributed by atoms with Crippen LogP contribution in [0.4, 0.5) is 0 Å². The molecule has 0 aliphatic heterocycles. The Morgan fingerprint density at radius 3 is 1.69 bits per heavy atom. The lowest BCUT2D eigenvalue weighted by atomic mass is 9.88. The predicted molar refractivity (Wildman–Crippen MR) is 99.0 cm³/mol. The average Bonchev–Trinajstić information content (AvgIpc) is 3.04. The van der Waals surface area contributed by atoms with Crippen molar-refractivity contribution < 1.29 is 4.79 Å². The molecule has 1 heterocycles. The van der Waals surface area contributed by atoms with Gasteiger partial charge in [0.05, 0.1) is 5.69 Å². The number of hydrogen-bond acceptors (Lipinski definition) is 6. The van der Waals surface area contributed by atoms with Crippen LogP contribution in [0.5, 0.6) is 0 Å². The van der Waals surface area contributed by atoms with Gasteiger partial charge in [0, 0.05) is 67.4 Å². The standard InChI is InChI=1S/C10H17N3O.3CH3N3/c1-10(2,3)9(14)6-5-8-7-13(4)12-11-8;3*1-3-4-2/h7H,5-6H2,1-4H3;3*1H3. The molecule has 0 N–H and O–H groups in total. The molecule has 0 unspecified atom stereocenters. The summed E-state index contributed by atoms with van der Waals surface area (Å²) in [4.78, 5) is 18.7. The fraction of sp³-hybridized carbons (Fsp3) is 0.769.